The lowest BCUT2D eigenvalue weighted by Gasteiger charge is -2.34. The second kappa shape index (κ2) is 13.0. The molecule has 31 heavy (non-hydrogen) atoms. The minimum Gasteiger partial charge on any atom is -0.373 e. The summed E-state index contributed by atoms with van der Waals surface area (Å²) in [5.74, 6) is 0.763. The lowest BCUT2D eigenvalue weighted by molar-refractivity contribution is -0.118. The van der Waals surface area contributed by atoms with E-state index in [9.17, 15) is 10.1 Å². The number of aromatic nitrogens is 1. The van der Waals surface area contributed by atoms with Crippen molar-refractivity contribution in [3.05, 3.63) is 36.2 Å². The van der Waals surface area contributed by atoms with E-state index in [-0.39, 0.29) is 17.5 Å². The Bertz CT molecular complexity index is 722. The number of nitriles is 1. The Hall–Kier alpha value is -2.55. The third kappa shape index (κ3) is 7.90. The Morgan fingerprint density at radius 1 is 0.968 bits per heavy atom. The van der Waals surface area contributed by atoms with Crippen LogP contribution in [0.5, 0.6) is 0 Å². The summed E-state index contributed by atoms with van der Waals surface area (Å²) in [7, 11) is 0. The Balaban J connectivity index is 1.51. The number of carbonyl (C=O) groups excluding carboxylic acids is 1. The molecule has 0 aromatic carbocycles. The van der Waals surface area contributed by atoms with Crippen LogP contribution >= 0.6 is 0 Å². The number of carbonyl (C=O) groups is 1. The number of rotatable bonds is 4. The van der Waals surface area contributed by atoms with E-state index in [4.69, 9.17) is 0 Å². The van der Waals surface area contributed by atoms with E-state index in [1.54, 1.807) is 6.20 Å². The van der Waals surface area contributed by atoms with Gasteiger partial charge in [0.15, 0.2) is 0 Å². The van der Waals surface area contributed by atoms with Crippen molar-refractivity contribution < 1.29 is 4.79 Å². The predicted octanol–water partition coefficient (Wildman–Crippen LogP) is 4.40. The number of pyridine rings is 1. The van der Waals surface area contributed by atoms with Gasteiger partial charge in [-0.05, 0) is 25.0 Å². The zero-order valence-corrected chi connectivity index (χ0v) is 18.8. The molecule has 6 heteroatoms. The zero-order chi connectivity index (χ0) is 21.7. The summed E-state index contributed by atoms with van der Waals surface area (Å²) in [4.78, 5) is 21.6. The van der Waals surface area contributed by atoms with Gasteiger partial charge in [-0.2, -0.15) is 5.26 Å². The van der Waals surface area contributed by atoms with Crippen LogP contribution in [0.4, 0.5) is 5.82 Å². The molecule has 1 aliphatic heterocycles. The summed E-state index contributed by atoms with van der Waals surface area (Å²) in [5, 5.41) is 12.8. The number of nitrogens with one attached hydrogen (secondary N) is 1. The standard InChI is InChI=1S/C25H37N5O/c26-20-22(21-29-16-18-30(19-17-29)24-14-10-11-15-27-24)25(31)28-23-12-8-6-4-2-1-3-5-7-9-13-23/h10-11,14-15,21,23H,1-9,12-13,16-19H2,(H,28,31)/b22-21-. The average Bonchev–Trinajstić information content (AvgIpc) is 2.80. The third-order valence-corrected chi connectivity index (χ3v) is 6.40. The highest BCUT2D eigenvalue weighted by molar-refractivity contribution is 5.97. The maximum absolute atomic E-state index is 12.8. The normalized spacial score (nSPS) is 20.3. The highest BCUT2D eigenvalue weighted by Gasteiger charge is 2.20. The molecule has 0 radical (unpaired) electrons. The SMILES string of the molecule is N#C/C(=C/N1CCN(c2ccccn2)CC1)C(=O)NC1CCCCCCCCCCC1. The van der Waals surface area contributed by atoms with Gasteiger partial charge in [0.2, 0.25) is 0 Å². The van der Waals surface area contributed by atoms with Crippen LogP contribution in [0.15, 0.2) is 36.2 Å². The summed E-state index contributed by atoms with van der Waals surface area (Å²) >= 11 is 0. The maximum atomic E-state index is 12.8. The van der Waals surface area contributed by atoms with Crippen molar-refractivity contribution in [1.82, 2.24) is 15.2 Å². The van der Waals surface area contributed by atoms with Gasteiger partial charge in [0.05, 0.1) is 0 Å². The smallest absolute Gasteiger partial charge is 0.263 e. The van der Waals surface area contributed by atoms with E-state index in [0.717, 1.165) is 57.7 Å². The topological polar surface area (TPSA) is 72.3 Å². The number of piperazine rings is 1. The van der Waals surface area contributed by atoms with Crippen LogP contribution in [0.1, 0.15) is 70.6 Å². The molecule has 1 aliphatic carbocycles. The predicted molar refractivity (Wildman–Crippen MR) is 124 cm³/mol. The second-order valence-corrected chi connectivity index (χ2v) is 8.80. The van der Waals surface area contributed by atoms with Crippen LogP contribution in [-0.4, -0.2) is 48.0 Å². The van der Waals surface area contributed by atoms with Gasteiger partial charge in [0.25, 0.3) is 5.91 Å². The molecule has 3 rings (SSSR count). The first-order valence-electron chi connectivity index (χ1n) is 12.1. The van der Waals surface area contributed by atoms with E-state index in [1.165, 1.54) is 44.9 Å². The molecule has 2 heterocycles. The van der Waals surface area contributed by atoms with Gasteiger partial charge in [-0.1, -0.05) is 63.9 Å². The van der Waals surface area contributed by atoms with Crippen LogP contribution in [0.2, 0.25) is 0 Å². The lowest BCUT2D eigenvalue weighted by Crippen LogP contribution is -2.45. The fraction of sp³-hybridized carbons (Fsp3) is 0.640. The molecular formula is C25H37N5O. The fourth-order valence-electron chi connectivity index (χ4n) is 4.51. The van der Waals surface area contributed by atoms with Crippen molar-refractivity contribution in [3.8, 4) is 6.07 Å². The molecule has 1 aromatic rings. The molecule has 1 amide bonds. The lowest BCUT2D eigenvalue weighted by atomic mass is 9.97. The van der Waals surface area contributed by atoms with E-state index < -0.39 is 0 Å². The molecule has 0 atom stereocenters. The maximum Gasteiger partial charge on any atom is 0.263 e. The molecule has 2 fully saturated rings. The first-order chi connectivity index (χ1) is 15.3. The van der Waals surface area contributed by atoms with Gasteiger partial charge in [-0.3, -0.25) is 4.79 Å². The summed E-state index contributed by atoms with van der Waals surface area (Å²) in [6.07, 6.45) is 17.1. The molecule has 0 spiro atoms. The zero-order valence-electron chi connectivity index (χ0n) is 18.8. The summed E-state index contributed by atoms with van der Waals surface area (Å²) in [5.41, 5.74) is 0.220. The highest BCUT2D eigenvalue weighted by Crippen LogP contribution is 2.18. The number of hydrogen-bond acceptors (Lipinski definition) is 5. The molecule has 1 N–H and O–H groups in total. The van der Waals surface area contributed by atoms with Crippen LogP contribution in [0, 0.1) is 11.3 Å². The molecule has 1 saturated heterocycles. The van der Waals surface area contributed by atoms with Crippen molar-refractivity contribution in [3.63, 3.8) is 0 Å². The van der Waals surface area contributed by atoms with Crippen molar-refractivity contribution in [2.75, 3.05) is 31.1 Å². The molecule has 0 bridgehead atoms. The second-order valence-electron chi connectivity index (χ2n) is 8.80. The Kier molecular flexibility index (Phi) is 9.69. The first-order valence-corrected chi connectivity index (χ1v) is 12.1. The molecule has 1 saturated carbocycles. The molecule has 168 valence electrons. The third-order valence-electron chi connectivity index (χ3n) is 6.40. The fourth-order valence-corrected chi connectivity index (χ4v) is 4.51. The molecule has 2 aliphatic rings. The summed E-state index contributed by atoms with van der Waals surface area (Å²) in [6.45, 7) is 3.21. The van der Waals surface area contributed by atoms with E-state index in [2.05, 4.69) is 26.2 Å². The quantitative estimate of drug-likeness (QED) is 0.574. The Labute approximate surface area is 187 Å². The van der Waals surface area contributed by atoms with E-state index in [1.807, 2.05) is 24.4 Å². The monoisotopic (exact) mass is 423 g/mol. The summed E-state index contributed by atoms with van der Waals surface area (Å²) in [6, 6.07) is 8.25. The highest BCUT2D eigenvalue weighted by atomic mass is 16.1. The average molecular weight is 424 g/mol. The van der Waals surface area contributed by atoms with Crippen molar-refractivity contribution >= 4 is 11.7 Å². The summed E-state index contributed by atoms with van der Waals surface area (Å²) < 4.78 is 0. The first kappa shape index (κ1) is 23.1. The molecule has 0 unspecified atom stereocenters. The Morgan fingerprint density at radius 3 is 2.13 bits per heavy atom. The van der Waals surface area contributed by atoms with E-state index in [0.29, 0.717) is 0 Å². The minimum absolute atomic E-state index is 0.185. The van der Waals surface area contributed by atoms with Crippen LogP contribution < -0.4 is 10.2 Å². The van der Waals surface area contributed by atoms with Gasteiger partial charge in [-0.15, -0.1) is 0 Å². The number of anilines is 1. The van der Waals surface area contributed by atoms with Gasteiger partial charge < -0.3 is 15.1 Å². The van der Waals surface area contributed by atoms with Crippen LogP contribution in [-0.2, 0) is 4.79 Å². The van der Waals surface area contributed by atoms with Crippen LogP contribution in [0.3, 0.4) is 0 Å². The van der Waals surface area contributed by atoms with E-state index >= 15 is 0 Å². The van der Waals surface area contributed by atoms with Crippen molar-refractivity contribution in [2.24, 2.45) is 0 Å². The van der Waals surface area contributed by atoms with Crippen LogP contribution in [0.25, 0.3) is 0 Å². The van der Waals surface area contributed by atoms with Gasteiger partial charge in [0, 0.05) is 44.6 Å². The number of nitrogens with zero attached hydrogens (tertiary/aromatic N) is 4. The Morgan fingerprint density at radius 2 is 1.58 bits per heavy atom. The van der Waals surface area contributed by atoms with Crippen molar-refractivity contribution in [2.45, 2.75) is 76.7 Å². The molecular weight excluding hydrogens is 386 g/mol. The minimum atomic E-state index is -0.216. The van der Waals surface area contributed by atoms with Gasteiger partial charge in [0.1, 0.15) is 17.5 Å². The number of amides is 1. The molecule has 6 nitrogen and oxygen atoms in total. The van der Waals surface area contributed by atoms with Crippen molar-refractivity contribution in [1.29, 1.82) is 5.26 Å². The molecule has 1 aromatic heterocycles. The number of hydrogen-bond donors (Lipinski definition) is 1. The van der Waals surface area contributed by atoms with Gasteiger partial charge >= 0.3 is 0 Å². The largest absolute Gasteiger partial charge is 0.373 e. The van der Waals surface area contributed by atoms with Gasteiger partial charge in [-0.25, -0.2) is 4.98 Å².